The maximum Gasteiger partial charge on any atom is 0.321 e. The number of hydrogen-bond donors (Lipinski definition) is 2. The number of amides is 2. The summed E-state index contributed by atoms with van der Waals surface area (Å²) >= 11 is 0. The molecule has 3 heterocycles. The molecule has 9 nitrogen and oxygen atoms in total. The summed E-state index contributed by atoms with van der Waals surface area (Å²) in [5.41, 5.74) is 1.37. The van der Waals surface area contributed by atoms with Crippen molar-refractivity contribution in [1.82, 2.24) is 25.1 Å². The molecule has 0 spiro atoms. The molecule has 0 aliphatic carbocycles. The second kappa shape index (κ2) is 8.31. The molecule has 1 aliphatic heterocycles. The van der Waals surface area contributed by atoms with Crippen molar-refractivity contribution in [3.63, 3.8) is 0 Å². The second-order valence-electron chi connectivity index (χ2n) is 7.16. The van der Waals surface area contributed by atoms with Crippen LogP contribution >= 0.6 is 0 Å². The highest BCUT2D eigenvalue weighted by Gasteiger charge is 2.23. The fraction of sp³-hybridized carbons (Fsp3) is 0.182. The minimum absolute atomic E-state index is 0.118. The molecule has 9 heteroatoms. The number of carbonyl (C=O) groups is 1. The van der Waals surface area contributed by atoms with E-state index < -0.39 is 0 Å². The number of urea groups is 1. The number of carbonyl (C=O) groups excluding carboxylic acids is 1. The number of aromatic nitrogens is 4. The standard InChI is InChI=1S/C22H21N7O2/c30-22(26-16-6-8-18(9-7-16)31-17-4-2-1-3-5-17)29-12-10-28(11-13-29)21-19-14-25-27-20(19)23-15-24-21/h1-9,14-15H,10-13H2,(H,26,30)(H,23,24,25,27). The van der Waals surface area contributed by atoms with Gasteiger partial charge in [0.05, 0.1) is 5.39 Å². The van der Waals surface area contributed by atoms with Crippen molar-refractivity contribution in [2.45, 2.75) is 0 Å². The zero-order chi connectivity index (χ0) is 21.0. The predicted octanol–water partition coefficient (Wildman–Crippen LogP) is 3.50. The number of anilines is 2. The van der Waals surface area contributed by atoms with Gasteiger partial charge in [-0.2, -0.15) is 5.10 Å². The molecular weight excluding hydrogens is 394 g/mol. The zero-order valence-electron chi connectivity index (χ0n) is 16.7. The van der Waals surface area contributed by atoms with Crippen LogP contribution in [0.4, 0.5) is 16.3 Å². The second-order valence-corrected chi connectivity index (χ2v) is 7.16. The highest BCUT2D eigenvalue weighted by Crippen LogP contribution is 2.24. The molecule has 2 aromatic heterocycles. The highest BCUT2D eigenvalue weighted by molar-refractivity contribution is 5.90. The van der Waals surface area contributed by atoms with Crippen LogP contribution in [0.2, 0.25) is 0 Å². The van der Waals surface area contributed by atoms with Crippen molar-refractivity contribution in [2.24, 2.45) is 0 Å². The van der Waals surface area contributed by atoms with Crippen molar-refractivity contribution in [3.8, 4) is 11.5 Å². The molecule has 31 heavy (non-hydrogen) atoms. The first-order valence-electron chi connectivity index (χ1n) is 10.0. The lowest BCUT2D eigenvalue weighted by Crippen LogP contribution is -2.50. The van der Waals surface area contributed by atoms with Crippen LogP contribution in [0.15, 0.2) is 67.1 Å². The third kappa shape index (κ3) is 4.11. The van der Waals surface area contributed by atoms with E-state index in [1.807, 2.05) is 54.6 Å². The minimum atomic E-state index is -0.118. The Bertz CT molecular complexity index is 1170. The SMILES string of the molecule is O=C(Nc1ccc(Oc2ccccc2)cc1)N1CCN(c2ncnc3n[nH]cc23)CC1. The number of nitrogens with zero attached hydrogens (tertiary/aromatic N) is 5. The van der Waals surface area contributed by atoms with Crippen molar-refractivity contribution in [2.75, 3.05) is 36.4 Å². The van der Waals surface area contributed by atoms with Crippen LogP contribution < -0.4 is 15.0 Å². The van der Waals surface area contributed by atoms with E-state index in [0.717, 1.165) is 22.6 Å². The topological polar surface area (TPSA) is 99.3 Å². The van der Waals surface area contributed by atoms with Crippen LogP contribution in [0.1, 0.15) is 0 Å². The monoisotopic (exact) mass is 415 g/mol. The lowest BCUT2D eigenvalue weighted by molar-refractivity contribution is 0.208. The number of hydrogen-bond acceptors (Lipinski definition) is 6. The Labute approximate surface area is 178 Å². The molecule has 0 bridgehead atoms. The van der Waals surface area contributed by atoms with Gasteiger partial charge >= 0.3 is 6.03 Å². The predicted molar refractivity (Wildman–Crippen MR) is 117 cm³/mol. The Kier molecular flexibility index (Phi) is 5.05. The molecule has 0 saturated carbocycles. The van der Waals surface area contributed by atoms with Crippen LogP contribution in [0, 0.1) is 0 Å². The number of piperazine rings is 1. The molecular formula is C22H21N7O2. The summed E-state index contributed by atoms with van der Waals surface area (Å²) in [4.78, 5) is 25.2. The Morgan fingerprint density at radius 3 is 2.45 bits per heavy atom. The van der Waals surface area contributed by atoms with Gasteiger partial charge in [-0.3, -0.25) is 5.10 Å². The molecule has 2 amide bonds. The van der Waals surface area contributed by atoms with Crippen LogP contribution in [-0.2, 0) is 0 Å². The quantitative estimate of drug-likeness (QED) is 0.529. The maximum absolute atomic E-state index is 12.7. The van der Waals surface area contributed by atoms with Crippen molar-refractivity contribution >= 4 is 28.6 Å². The van der Waals surface area contributed by atoms with E-state index >= 15 is 0 Å². The molecule has 156 valence electrons. The van der Waals surface area contributed by atoms with E-state index in [-0.39, 0.29) is 6.03 Å². The lowest BCUT2D eigenvalue weighted by Gasteiger charge is -2.35. The van der Waals surface area contributed by atoms with Crippen LogP contribution in [0.3, 0.4) is 0 Å². The van der Waals surface area contributed by atoms with Gasteiger partial charge in [-0.05, 0) is 36.4 Å². The summed E-state index contributed by atoms with van der Waals surface area (Å²) in [7, 11) is 0. The van der Waals surface area contributed by atoms with Gasteiger partial charge in [0.15, 0.2) is 5.65 Å². The van der Waals surface area contributed by atoms with Crippen molar-refractivity contribution < 1.29 is 9.53 Å². The fourth-order valence-electron chi connectivity index (χ4n) is 3.56. The molecule has 2 N–H and O–H groups in total. The Hall–Kier alpha value is -4.14. The first-order valence-corrected chi connectivity index (χ1v) is 10.0. The number of benzene rings is 2. The van der Waals surface area contributed by atoms with Crippen LogP contribution in [0.5, 0.6) is 11.5 Å². The van der Waals surface area contributed by atoms with E-state index in [1.165, 1.54) is 6.33 Å². The Morgan fingerprint density at radius 1 is 0.935 bits per heavy atom. The minimum Gasteiger partial charge on any atom is -0.457 e. The van der Waals surface area contributed by atoms with Gasteiger partial charge in [-0.25, -0.2) is 14.8 Å². The van der Waals surface area contributed by atoms with E-state index in [1.54, 1.807) is 11.1 Å². The molecule has 0 unspecified atom stereocenters. The first kappa shape index (κ1) is 18.9. The van der Waals surface area contributed by atoms with Crippen molar-refractivity contribution in [3.05, 3.63) is 67.1 Å². The molecule has 1 saturated heterocycles. The average molecular weight is 415 g/mol. The van der Waals surface area contributed by atoms with Crippen LogP contribution in [-0.4, -0.2) is 57.3 Å². The summed E-state index contributed by atoms with van der Waals surface area (Å²) < 4.78 is 5.79. The third-order valence-corrected chi connectivity index (χ3v) is 5.17. The van der Waals surface area contributed by atoms with Gasteiger partial charge in [0.2, 0.25) is 0 Å². The molecule has 5 rings (SSSR count). The van der Waals surface area contributed by atoms with Gasteiger partial charge in [0, 0.05) is 38.1 Å². The molecule has 1 fully saturated rings. The first-order chi connectivity index (χ1) is 15.3. The van der Waals surface area contributed by atoms with Crippen LogP contribution in [0.25, 0.3) is 11.0 Å². The summed E-state index contributed by atoms with van der Waals surface area (Å²) in [6, 6.07) is 16.8. The largest absolute Gasteiger partial charge is 0.457 e. The number of rotatable bonds is 4. The summed E-state index contributed by atoms with van der Waals surface area (Å²) in [5.74, 6) is 2.33. The lowest BCUT2D eigenvalue weighted by atomic mass is 10.2. The summed E-state index contributed by atoms with van der Waals surface area (Å²) in [5, 5.41) is 10.8. The Balaban J connectivity index is 1.17. The molecule has 0 radical (unpaired) electrons. The van der Waals surface area contributed by atoms with E-state index in [9.17, 15) is 4.79 Å². The molecule has 2 aromatic carbocycles. The number of H-pyrrole nitrogens is 1. The van der Waals surface area contributed by atoms with E-state index in [2.05, 4.69) is 30.4 Å². The number of aromatic amines is 1. The third-order valence-electron chi connectivity index (χ3n) is 5.17. The smallest absolute Gasteiger partial charge is 0.321 e. The summed E-state index contributed by atoms with van der Waals surface area (Å²) in [6.45, 7) is 2.58. The number of para-hydroxylation sites is 1. The Morgan fingerprint density at radius 2 is 1.68 bits per heavy atom. The van der Waals surface area contributed by atoms with E-state index in [4.69, 9.17) is 4.74 Å². The van der Waals surface area contributed by atoms with Gasteiger partial charge in [0.1, 0.15) is 23.6 Å². The fourth-order valence-corrected chi connectivity index (χ4v) is 3.56. The average Bonchev–Trinajstić information content (AvgIpc) is 3.30. The van der Waals surface area contributed by atoms with Gasteiger partial charge in [-0.15, -0.1) is 0 Å². The number of fused-ring (bicyclic) bond motifs is 1. The summed E-state index contributed by atoms with van der Waals surface area (Å²) in [6.07, 6.45) is 3.32. The normalized spacial score (nSPS) is 13.9. The highest BCUT2D eigenvalue weighted by atomic mass is 16.5. The van der Waals surface area contributed by atoms with Gasteiger partial charge in [-0.1, -0.05) is 18.2 Å². The van der Waals surface area contributed by atoms with Gasteiger partial charge in [0.25, 0.3) is 0 Å². The maximum atomic E-state index is 12.7. The molecule has 0 atom stereocenters. The van der Waals surface area contributed by atoms with Gasteiger partial charge < -0.3 is 19.9 Å². The number of ether oxygens (including phenoxy) is 1. The van der Waals surface area contributed by atoms with E-state index in [0.29, 0.717) is 37.6 Å². The zero-order valence-corrected chi connectivity index (χ0v) is 16.7. The number of nitrogens with one attached hydrogen (secondary N) is 2. The van der Waals surface area contributed by atoms with Crippen molar-refractivity contribution in [1.29, 1.82) is 0 Å². The molecule has 1 aliphatic rings. The molecule has 4 aromatic rings.